The summed E-state index contributed by atoms with van der Waals surface area (Å²) in [6.07, 6.45) is 3.83. The molecule has 0 spiro atoms. The van der Waals surface area contributed by atoms with Crippen LogP contribution in [0.3, 0.4) is 0 Å². The Morgan fingerprint density at radius 2 is 1.83 bits per heavy atom. The van der Waals surface area contributed by atoms with E-state index in [0.717, 1.165) is 25.7 Å². The smallest absolute Gasteiger partial charge is 0.321 e. The first-order valence-corrected chi connectivity index (χ1v) is 10.1. The van der Waals surface area contributed by atoms with E-state index in [-0.39, 0.29) is 10.9 Å². The summed E-state index contributed by atoms with van der Waals surface area (Å²) in [6.45, 7) is 4.64. The van der Waals surface area contributed by atoms with Gasteiger partial charge in [-0.25, -0.2) is 13.2 Å². The predicted octanol–water partition coefficient (Wildman–Crippen LogP) is 2.73. The molecule has 1 unspecified atom stereocenters. The number of amides is 2. The highest BCUT2D eigenvalue weighted by Gasteiger charge is 2.29. The second-order valence-corrected chi connectivity index (χ2v) is 8.64. The number of nitrogens with one attached hydrogen (secondary N) is 1. The number of hydrogen-bond donors (Lipinski definition) is 1. The molecular weight excluding hydrogens is 326 g/mol. The van der Waals surface area contributed by atoms with Crippen LogP contribution in [0.2, 0.25) is 0 Å². The van der Waals surface area contributed by atoms with Gasteiger partial charge >= 0.3 is 6.03 Å². The maximum atomic E-state index is 12.9. The van der Waals surface area contributed by atoms with Gasteiger partial charge in [-0.15, -0.1) is 0 Å². The first-order chi connectivity index (χ1) is 11.5. The monoisotopic (exact) mass is 351 g/mol. The van der Waals surface area contributed by atoms with Crippen LogP contribution >= 0.6 is 0 Å². The molecule has 24 heavy (non-hydrogen) atoms. The third-order valence-electron chi connectivity index (χ3n) is 4.77. The largest absolute Gasteiger partial charge is 0.324 e. The number of likely N-dealkylation sites (tertiary alicyclic amines) is 1. The van der Waals surface area contributed by atoms with Gasteiger partial charge in [0.2, 0.25) is 10.0 Å². The van der Waals surface area contributed by atoms with E-state index in [2.05, 4.69) is 12.2 Å². The van der Waals surface area contributed by atoms with Crippen molar-refractivity contribution in [2.75, 3.05) is 31.5 Å². The molecule has 1 atom stereocenters. The minimum Gasteiger partial charge on any atom is -0.324 e. The van der Waals surface area contributed by atoms with Gasteiger partial charge in [-0.1, -0.05) is 25.5 Å². The van der Waals surface area contributed by atoms with E-state index >= 15 is 0 Å². The number of carbonyl (C=O) groups excluding carboxylic acids is 1. The van der Waals surface area contributed by atoms with Crippen LogP contribution in [0.25, 0.3) is 0 Å². The van der Waals surface area contributed by atoms with E-state index in [0.29, 0.717) is 37.8 Å². The first kappa shape index (κ1) is 17.2. The number of urea groups is 1. The van der Waals surface area contributed by atoms with E-state index < -0.39 is 10.0 Å². The van der Waals surface area contributed by atoms with Crippen LogP contribution in [-0.4, -0.2) is 49.8 Å². The minimum atomic E-state index is -3.57. The van der Waals surface area contributed by atoms with Gasteiger partial charge in [-0.05, 0) is 37.3 Å². The average Bonchev–Trinajstić information content (AvgIpc) is 3.03. The van der Waals surface area contributed by atoms with Crippen molar-refractivity contribution in [1.82, 2.24) is 9.21 Å². The van der Waals surface area contributed by atoms with Gasteiger partial charge in [0.05, 0.1) is 5.69 Å². The zero-order valence-corrected chi connectivity index (χ0v) is 14.9. The van der Waals surface area contributed by atoms with Crippen molar-refractivity contribution in [3.05, 3.63) is 24.3 Å². The molecule has 2 saturated heterocycles. The summed E-state index contributed by atoms with van der Waals surface area (Å²) in [5.41, 5.74) is 0.368. The van der Waals surface area contributed by atoms with Crippen molar-refractivity contribution in [1.29, 1.82) is 0 Å². The highest BCUT2D eigenvalue weighted by molar-refractivity contribution is 7.89. The Morgan fingerprint density at radius 3 is 2.50 bits per heavy atom. The van der Waals surface area contributed by atoms with Crippen LogP contribution in [0.5, 0.6) is 0 Å². The Morgan fingerprint density at radius 1 is 1.12 bits per heavy atom. The highest BCUT2D eigenvalue weighted by atomic mass is 32.2. The maximum absolute atomic E-state index is 12.9. The Kier molecular flexibility index (Phi) is 5.10. The first-order valence-electron chi connectivity index (χ1n) is 8.63. The molecular formula is C17H25N3O3S. The molecule has 7 heteroatoms. The van der Waals surface area contributed by atoms with Crippen molar-refractivity contribution >= 4 is 21.7 Å². The normalized spacial score (nSPS) is 22.5. The van der Waals surface area contributed by atoms with E-state index in [4.69, 9.17) is 0 Å². The summed E-state index contributed by atoms with van der Waals surface area (Å²) < 4.78 is 27.4. The molecule has 2 aliphatic rings. The van der Waals surface area contributed by atoms with Crippen LogP contribution in [0.15, 0.2) is 29.2 Å². The molecule has 0 bridgehead atoms. The van der Waals surface area contributed by atoms with Crippen molar-refractivity contribution in [3.8, 4) is 0 Å². The summed E-state index contributed by atoms with van der Waals surface area (Å²) in [5, 5.41) is 2.80. The lowest BCUT2D eigenvalue weighted by molar-refractivity contribution is 0.221. The third kappa shape index (κ3) is 3.57. The number of hydrogen-bond acceptors (Lipinski definition) is 3. The number of rotatable bonds is 3. The summed E-state index contributed by atoms with van der Waals surface area (Å²) in [6, 6.07) is 6.46. The molecule has 0 aliphatic carbocycles. The zero-order chi connectivity index (χ0) is 17.2. The Labute approximate surface area is 143 Å². The molecule has 1 N–H and O–H groups in total. The molecule has 0 radical (unpaired) electrons. The number of carbonyl (C=O) groups is 1. The average molecular weight is 351 g/mol. The number of benzene rings is 1. The van der Waals surface area contributed by atoms with Crippen LogP contribution in [0.1, 0.15) is 32.6 Å². The summed E-state index contributed by atoms with van der Waals surface area (Å²) in [4.78, 5) is 14.4. The van der Waals surface area contributed by atoms with Gasteiger partial charge < -0.3 is 10.2 Å². The maximum Gasteiger partial charge on any atom is 0.321 e. The van der Waals surface area contributed by atoms with E-state index in [9.17, 15) is 13.2 Å². The second kappa shape index (κ2) is 7.11. The number of para-hydroxylation sites is 1. The van der Waals surface area contributed by atoms with Gasteiger partial charge in [-0.2, -0.15) is 4.31 Å². The lowest BCUT2D eigenvalue weighted by atomic mass is 10.2. The minimum absolute atomic E-state index is 0.187. The highest BCUT2D eigenvalue weighted by Crippen LogP contribution is 2.27. The Hall–Kier alpha value is -1.60. The van der Waals surface area contributed by atoms with Gasteiger partial charge in [0.25, 0.3) is 0 Å². The lowest BCUT2D eigenvalue weighted by Gasteiger charge is -2.27. The number of piperidine rings is 1. The molecule has 6 nitrogen and oxygen atoms in total. The molecule has 3 rings (SSSR count). The number of anilines is 1. The summed E-state index contributed by atoms with van der Waals surface area (Å²) in [7, 11) is -3.57. The quantitative estimate of drug-likeness (QED) is 0.910. The fraction of sp³-hybridized carbons (Fsp3) is 0.588. The molecule has 0 saturated carbocycles. The van der Waals surface area contributed by atoms with Crippen molar-refractivity contribution in [2.45, 2.75) is 37.5 Å². The van der Waals surface area contributed by atoms with Crippen molar-refractivity contribution in [3.63, 3.8) is 0 Å². The SMILES string of the molecule is CC1CCN(C(=O)Nc2ccccc2S(=O)(=O)N2CCCCC2)C1. The topological polar surface area (TPSA) is 69.7 Å². The summed E-state index contributed by atoms with van der Waals surface area (Å²) >= 11 is 0. The Balaban J connectivity index is 1.81. The van der Waals surface area contributed by atoms with Crippen LogP contribution < -0.4 is 5.32 Å². The standard InChI is InChI=1S/C17H25N3O3S/c1-14-9-12-19(13-14)17(21)18-15-7-3-4-8-16(15)24(22,23)20-10-5-2-6-11-20/h3-4,7-8,14H,2,5-6,9-13H2,1H3,(H,18,21). The predicted molar refractivity (Wildman–Crippen MR) is 93.4 cm³/mol. The van der Waals surface area contributed by atoms with E-state index in [1.54, 1.807) is 29.2 Å². The van der Waals surface area contributed by atoms with Gasteiger partial charge in [0, 0.05) is 26.2 Å². The van der Waals surface area contributed by atoms with Crippen molar-refractivity contribution in [2.24, 2.45) is 5.92 Å². The van der Waals surface area contributed by atoms with Crippen LogP contribution in [-0.2, 0) is 10.0 Å². The molecule has 1 aromatic carbocycles. The molecule has 1 aromatic rings. The van der Waals surface area contributed by atoms with E-state index in [1.807, 2.05) is 0 Å². The number of nitrogens with zero attached hydrogens (tertiary/aromatic N) is 2. The van der Waals surface area contributed by atoms with Gasteiger partial charge in [0.15, 0.2) is 0 Å². The molecule has 132 valence electrons. The van der Waals surface area contributed by atoms with Gasteiger partial charge in [-0.3, -0.25) is 0 Å². The molecule has 0 aromatic heterocycles. The second-order valence-electron chi connectivity index (χ2n) is 6.73. The zero-order valence-electron chi connectivity index (χ0n) is 14.1. The van der Waals surface area contributed by atoms with E-state index in [1.165, 1.54) is 4.31 Å². The summed E-state index contributed by atoms with van der Waals surface area (Å²) in [5.74, 6) is 0.489. The van der Waals surface area contributed by atoms with Gasteiger partial charge in [0.1, 0.15) is 4.90 Å². The lowest BCUT2D eigenvalue weighted by Crippen LogP contribution is -2.37. The molecule has 2 heterocycles. The molecule has 2 aliphatic heterocycles. The molecule has 2 fully saturated rings. The van der Waals surface area contributed by atoms with Crippen molar-refractivity contribution < 1.29 is 13.2 Å². The fourth-order valence-electron chi connectivity index (χ4n) is 3.35. The number of sulfonamides is 1. The fourth-order valence-corrected chi connectivity index (χ4v) is 5.02. The van der Waals surface area contributed by atoms with Crippen LogP contribution in [0, 0.1) is 5.92 Å². The third-order valence-corrected chi connectivity index (χ3v) is 6.73. The Bertz CT molecular complexity index is 699. The molecule has 2 amide bonds. The van der Waals surface area contributed by atoms with Crippen LogP contribution in [0.4, 0.5) is 10.5 Å².